The first-order chi connectivity index (χ1) is 13.5. The minimum atomic E-state index is -1.41. The molecule has 1 saturated heterocycles. The predicted molar refractivity (Wildman–Crippen MR) is 98.9 cm³/mol. The summed E-state index contributed by atoms with van der Waals surface area (Å²) >= 11 is 0. The van der Waals surface area contributed by atoms with Gasteiger partial charge in [-0.15, -0.1) is 0 Å². The van der Waals surface area contributed by atoms with E-state index in [4.69, 9.17) is 4.74 Å². The maximum atomic E-state index is 12.6. The molecule has 0 unspecified atom stereocenters. The van der Waals surface area contributed by atoms with Crippen LogP contribution in [0.5, 0.6) is 0 Å². The van der Waals surface area contributed by atoms with Gasteiger partial charge in [-0.05, 0) is 28.7 Å². The molecule has 4 rings (SSSR count). The zero-order valence-corrected chi connectivity index (χ0v) is 14.9. The van der Waals surface area contributed by atoms with E-state index in [1.807, 2.05) is 48.5 Å². The molecule has 2 aromatic rings. The number of rotatable bonds is 4. The second kappa shape index (κ2) is 6.99. The number of carbonyl (C=O) groups excluding carboxylic acids is 1. The second-order valence-electron chi connectivity index (χ2n) is 7.01. The Labute approximate surface area is 161 Å². The maximum Gasteiger partial charge on any atom is 0.410 e. The molecule has 0 saturated carbocycles. The summed E-state index contributed by atoms with van der Waals surface area (Å²) in [6.45, 7) is 0.109. The van der Waals surface area contributed by atoms with Gasteiger partial charge >= 0.3 is 18.0 Å². The summed E-state index contributed by atoms with van der Waals surface area (Å²) in [6.07, 6.45) is -0.700. The van der Waals surface area contributed by atoms with E-state index in [0.717, 1.165) is 27.2 Å². The molecule has 2 aromatic carbocycles. The lowest BCUT2D eigenvalue weighted by Gasteiger charge is -2.23. The first-order valence-corrected chi connectivity index (χ1v) is 9.06. The molecule has 2 atom stereocenters. The van der Waals surface area contributed by atoms with Crippen molar-refractivity contribution < 1.29 is 29.3 Å². The van der Waals surface area contributed by atoms with Crippen LogP contribution >= 0.6 is 0 Å². The standard InChI is InChI=1S/C21H19NO6/c23-19(24)16-9-10-22(18(16)20(25)26)21(27)28-11-17-14-7-3-1-5-12(14)13-6-2-4-8-15(13)17/h1-8,16-18H,9-11H2,(H,23,24)(H,25,26)/t16-,18+/m1/s1. The zero-order chi connectivity index (χ0) is 19.8. The molecule has 28 heavy (non-hydrogen) atoms. The summed E-state index contributed by atoms with van der Waals surface area (Å²) in [6, 6.07) is 14.4. The topological polar surface area (TPSA) is 104 Å². The third-order valence-corrected chi connectivity index (χ3v) is 5.54. The lowest BCUT2D eigenvalue weighted by molar-refractivity contribution is -0.151. The molecule has 1 amide bonds. The Balaban J connectivity index is 1.53. The molecule has 7 heteroatoms. The van der Waals surface area contributed by atoms with Crippen LogP contribution < -0.4 is 0 Å². The Morgan fingerprint density at radius 3 is 2.04 bits per heavy atom. The van der Waals surface area contributed by atoms with E-state index < -0.39 is 30.0 Å². The molecule has 1 aliphatic carbocycles. The molecule has 0 aromatic heterocycles. The lowest BCUT2D eigenvalue weighted by Crippen LogP contribution is -2.45. The van der Waals surface area contributed by atoms with Gasteiger partial charge in [0.15, 0.2) is 0 Å². The Kier molecular flexibility index (Phi) is 4.50. The van der Waals surface area contributed by atoms with Gasteiger partial charge in [0.05, 0.1) is 5.92 Å². The van der Waals surface area contributed by atoms with Crippen LogP contribution in [0.15, 0.2) is 48.5 Å². The van der Waals surface area contributed by atoms with Gasteiger partial charge in [-0.1, -0.05) is 48.5 Å². The van der Waals surface area contributed by atoms with Crippen LogP contribution in [-0.4, -0.2) is 52.3 Å². The number of fused-ring (bicyclic) bond motifs is 3. The van der Waals surface area contributed by atoms with Crippen molar-refractivity contribution in [3.8, 4) is 11.1 Å². The molecule has 0 spiro atoms. The first kappa shape index (κ1) is 18.0. The van der Waals surface area contributed by atoms with Gasteiger partial charge in [0, 0.05) is 12.5 Å². The molecule has 2 aliphatic rings. The van der Waals surface area contributed by atoms with Crippen LogP contribution in [0.2, 0.25) is 0 Å². The molecule has 1 heterocycles. The highest BCUT2D eigenvalue weighted by Gasteiger charge is 2.46. The van der Waals surface area contributed by atoms with Gasteiger partial charge < -0.3 is 14.9 Å². The smallest absolute Gasteiger partial charge is 0.410 e. The number of benzene rings is 2. The van der Waals surface area contributed by atoms with Crippen molar-refractivity contribution in [2.45, 2.75) is 18.4 Å². The normalized spacial score (nSPS) is 20.5. The highest BCUT2D eigenvalue weighted by atomic mass is 16.6. The Morgan fingerprint density at radius 1 is 0.929 bits per heavy atom. The molecular weight excluding hydrogens is 362 g/mol. The van der Waals surface area contributed by atoms with E-state index in [2.05, 4.69) is 0 Å². The van der Waals surface area contributed by atoms with Crippen molar-refractivity contribution in [3.05, 3.63) is 59.7 Å². The molecule has 0 bridgehead atoms. The van der Waals surface area contributed by atoms with Crippen LogP contribution in [0.4, 0.5) is 4.79 Å². The highest BCUT2D eigenvalue weighted by molar-refractivity contribution is 5.87. The summed E-state index contributed by atoms with van der Waals surface area (Å²) in [4.78, 5) is 36.4. The van der Waals surface area contributed by atoms with E-state index in [0.29, 0.717) is 0 Å². The number of hydrogen-bond acceptors (Lipinski definition) is 4. The zero-order valence-electron chi connectivity index (χ0n) is 14.9. The molecule has 0 radical (unpaired) electrons. The fourth-order valence-electron chi connectivity index (χ4n) is 4.24. The summed E-state index contributed by atoms with van der Waals surface area (Å²) < 4.78 is 5.46. The molecule has 2 N–H and O–H groups in total. The number of amides is 1. The van der Waals surface area contributed by atoms with E-state index in [9.17, 15) is 24.6 Å². The lowest BCUT2D eigenvalue weighted by atomic mass is 9.98. The van der Waals surface area contributed by atoms with Crippen LogP contribution in [-0.2, 0) is 14.3 Å². The number of hydrogen-bond donors (Lipinski definition) is 2. The fourth-order valence-corrected chi connectivity index (χ4v) is 4.24. The van der Waals surface area contributed by atoms with Crippen molar-refractivity contribution in [2.24, 2.45) is 5.92 Å². The Morgan fingerprint density at radius 2 is 1.50 bits per heavy atom. The average molecular weight is 381 g/mol. The van der Waals surface area contributed by atoms with E-state index >= 15 is 0 Å². The second-order valence-corrected chi connectivity index (χ2v) is 7.01. The van der Waals surface area contributed by atoms with Gasteiger partial charge in [-0.2, -0.15) is 0 Å². The van der Waals surface area contributed by atoms with Crippen LogP contribution in [0.25, 0.3) is 11.1 Å². The number of aliphatic carboxylic acids is 2. The SMILES string of the molecule is O=C(O)[C@@H]1[C@H](C(=O)O)CCN1C(=O)OCC1c2ccccc2-c2ccccc21. The summed E-state index contributed by atoms with van der Waals surface area (Å²) in [5.74, 6) is -3.82. The van der Waals surface area contributed by atoms with Crippen LogP contribution in [0, 0.1) is 5.92 Å². The fraction of sp³-hybridized carbons (Fsp3) is 0.286. The van der Waals surface area contributed by atoms with Crippen LogP contribution in [0.3, 0.4) is 0 Å². The highest BCUT2D eigenvalue weighted by Crippen LogP contribution is 2.44. The van der Waals surface area contributed by atoms with Crippen LogP contribution in [0.1, 0.15) is 23.5 Å². The number of carboxylic acids is 2. The summed E-state index contributed by atoms with van der Waals surface area (Å²) in [5.41, 5.74) is 4.29. The Hall–Kier alpha value is -3.35. The number of carbonyl (C=O) groups is 3. The molecule has 7 nitrogen and oxygen atoms in total. The monoisotopic (exact) mass is 381 g/mol. The minimum absolute atomic E-state index is 0.0462. The van der Waals surface area contributed by atoms with Gasteiger partial charge in [0.25, 0.3) is 0 Å². The van der Waals surface area contributed by atoms with Gasteiger partial charge in [-0.25, -0.2) is 9.59 Å². The largest absolute Gasteiger partial charge is 0.481 e. The van der Waals surface area contributed by atoms with Crippen molar-refractivity contribution in [1.29, 1.82) is 0 Å². The van der Waals surface area contributed by atoms with Crippen molar-refractivity contribution in [3.63, 3.8) is 0 Å². The molecular formula is C21H19NO6. The third-order valence-electron chi connectivity index (χ3n) is 5.54. The van der Waals surface area contributed by atoms with Crippen molar-refractivity contribution in [2.75, 3.05) is 13.2 Å². The van der Waals surface area contributed by atoms with E-state index in [-0.39, 0.29) is 25.5 Å². The quantitative estimate of drug-likeness (QED) is 0.844. The number of carboxylic acid groups (broad SMARTS) is 2. The number of ether oxygens (including phenoxy) is 1. The third kappa shape index (κ3) is 2.89. The predicted octanol–water partition coefficient (Wildman–Crippen LogP) is 2.80. The summed E-state index contributed by atoms with van der Waals surface area (Å²) in [5, 5.41) is 18.6. The van der Waals surface area contributed by atoms with E-state index in [1.165, 1.54) is 0 Å². The maximum absolute atomic E-state index is 12.6. The summed E-state index contributed by atoms with van der Waals surface area (Å²) in [7, 11) is 0. The van der Waals surface area contributed by atoms with Gasteiger partial charge in [0.1, 0.15) is 12.6 Å². The minimum Gasteiger partial charge on any atom is -0.481 e. The Bertz CT molecular complexity index is 910. The molecule has 144 valence electrons. The molecule has 1 aliphatic heterocycles. The van der Waals surface area contributed by atoms with Gasteiger partial charge in [-0.3, -0.25) is 9.69 Å². The first-order valence-electron chi connectivity index (χ1n) is 9.06. The average Bonchev–Trinajstić information content (AvgIpc) is 3.27. The number of nitrogens with zero attached hydrogens (tertiary/aromatic N) is 1. The van der Waals surface area contributed by atoms with Crippen molar-refractivity contribution in [1.82, 2.24) is 4.90 Å². The number of likely N-dealkylation sites (tertiary alicyclic amines) is 1. The van der Waals surface area contributed by atoms with Crippen molar-refractivity contribution >= 4 is 18.0 Å². The van der Waals surface area contributed by atoms with Gasteiger partial charge in [0.2, 0.25) is 0 Å². The molecule has 1 fully saturated rings. The van der Waals surface area contributed by atoms with E-state index in [1.54, 1.807) is 0 Å².